The lowest BCUT2D eigenvalue weighted by molar-refractivity contribution is 0.391. The van der Waals surface area contributed by atoms with E-state index in [2.05, 4.69) is 10.3 Å². The third kappa shape index (κ3) is 5.20. The summed E-state index contributed by atoms with van der Waals surface area (Å²) in [5.41, 5.74) is 2.83. The summed E-state index contributed by atoms with van der Waals surface area (Å²) in [7, 11) is 0.319. The number of aryl methyl sites for hydroxylation is 1. The molecule has 0 unspecified atom stereocenters. The van der Waals surface area contributed by atoms with Crippen LogP contribution in [0, 0.1) is 0 Å². The van der Waals surface area contributed by atoms with Crippen LogP contribution in [0.4, 0.5) is 5.82 Å². The van der Waals surface area contributed by atoms with E-state index in [9.17, 15) is 8.42 Å². The van der Waals surface area contributed by atoms with Crippen molar-refractivity contribution in [2.45, 2.75) is 31.3 Å². The van der Waals surface area contributed by atoms with Crippen LogP contribution in [0.15, 0.2) is 82.5 Å². The number of rotatable bonds is 11. The van der Waals surface area contributed by atoms with Gasteiger partial charge in [0.2, 0.25) is 0 Å². The van der Waals surface area contributed by atoms with E-state index < -0.39 is 10.0 Å². The first-order valence-corrected chi connectivity index (χ1v) is 14.1. The standard InChI is InChI=1S/C29H30N4O6S/c1-5-20-7-12-26(37-3)28(16-20)40(34,35)33(19-22-9-10-23(36-2)17-27(22)38-4)29-24-15-21(8-11-25(24)39-31-29)18-32-14-6-13-30-32/h6-17H,5,18-19H2,1-4H3. The van der Waals surface area contributed by atoms with Gasteiger partial charge in [0.25, 0.3) is 10.0 Å². The molecule has 0 aliphatic heterocycles. The maximum atomic E-state index is 14.5. The molecule has 0 bridgehead atoms. The molecule has 0 N–H and O–H groups in total. The lowest BCUT2D eigenvalue weighted by atomic mass is 10.1. The van der Waals surface area contributed by atoms with Gasteiger partial charge >= 0.3 is 0 Å². The molecule has 0 radical (unpaired) electrons. The van der Waals surface area contributed by atoms with Gasteiger partial charge < -0.3 is 18.7 Å². The van der Waals surface area contributed by atoms with E-state index in [1.165, 1.54) is 18.5 Å². The van der Waals surface area contributed by atoms with Gasteiger partial charge in [-0.05, 0) is 60.0 Å². The van der Waals surface area contributed by atoms with Crippen molar-refractivity contribution >= 4 is 26.8 Å². The van der Waals surface area contributed by atoms with Gasteiger partial charge in [-0.2, -0.15) is 5.10 Å². The quantitative estimate of drug-likeness (QED) is 0.220. The zero-order valence-electron chi connectivity index (χ0n) is 22.7. The average Bonchev–Trinajstić information content (AvgIpc) is 3.65. The Kier molecular flexibility index (Phi) is 7.65. The first-order chi connectivity index (χ1) is 19.4. The second kappa shape index (κ2) is 11.3. The number of anilines is 1. The van der Waals surface area contributed by atoms with Crippen LogP contribution in [0.5, 0.6) is 17.2 Å². The van der Waals surface area contributed by atoms with Crippen molar-refractivity contribution in [3.05, 3.63) is 89.7 Å². The van der Waals surface area contributed by atoms with Crippen molar-refractivity contribution in [1.82, 2.24) is 14.9 Å². The molecule has 5 aromatic rings. The van der Waals surface area contributed by atoms with E-state index in [1.807, 2.05) is 37.4 Å². The van der Waals surface area contributed by atoms with Crippen molar-refractivity contribution in [3.63, 3.8) is 0 Å². The third-order valence-electron chi connectivity index (χ3n) is 6.67. The number of sulfonamides is 1. The van der Waals surface area contributed by atoms with E-state index >= 15 is 0 Å². The molecule has 3 aromatic carbocycles. The molecule has 0 aliphatic carbocycles. The smallest absolute Gasteiger partial charge is 0.269 e. The number of methoxy groups -OCH3 is 3. The number of hydrogen-bond acceptors (Lipinski definition) is 8. The molecule has 0 spiro atoms. The van der Waals surface area contributed by atoms with Crippen LogP contribution >= 0.6 is 0 Å². The van der Waals surface area contributed by atoms with E-state index in [0.29, 0.717) is 41.0 Å². The summed E-state index contributed by atoms with van der Waals surface area (Å²) in [6, 6.07) is 17.8. The summed E-state index contributed by atoms with van der Waals surface area (Å²) in [4.78, 5) is 0.0330. The highest BCUT2D eigenvalue weighted by Gasteiger charge is 2.33. The molecule has 208 valence electrons. The molecule has 11 heteroatoms. The number of fused-ring (bicyclic) bond motifs is 1. The maximum Gasteiger partial charge on any atom is 0.269 e. The van der Waals surface area contributed by atoms with Gasteiger partial charge in [0.05, 0.1) is 39.8 Å². The Balaban J connectivity index is 1.68. The normalized spacial score (nSPS) is 11.5. The fourth-order valence-electron chi connectivity index (χ4n) is 4.50. The maximum absolute atomic E-state index is 14.5. The van der Waals surface area contributed by atoms with Gasteiger partial charge in [-0.15, -0.1) is 0 Å². The molecule has 5 rings (SSSR count). The van der Waals surface area contributed by atoms with Gasteiger partial charge in [-0.25, -0.2) is 12.7 Å². The Morgan fingerprint density at radius 3 is 2.42 bits per heavy atom. The number of nitrogens with zero attached hydrogens (tertiary/aromatic N) is 4. The van der Waals surface area contributed by atoms with Gasteiger partial charge in [0.1, 0.15) is 22.1 Å². The van der Waals surface area contributed by atoms with Gasteiger partial charge in [0.15, 0.2) is 11.4 Å². The topological polar surface area (TPSA) is 109 Å². The lowest BCUT2D eigenvalue weighted by Crippen LogP contribution is -2.31. The highest BCUT2D eigenvalue weighted by molar-refractivity contribution is 7.93. The summed E-state index contributed by atoms with van der Waals surface area (Å²) >= 11 is 0. The van der Waals surface area contributed by atoms with Crippen LogP contribution in [-0.2, 0) is 29.5 Å². The van der Waals surface area contributed by atoms with Crippen LogP contribution in [0.25, 0.3) is 11.0 Å². The summed E-state index contributed by atoms with van der Waals surface area (Å²) in [6.45, 7) is 2.38. The van der Waals surface area contributed by atoms with Crippen LogP contribution in [-0.4, -0.2) is 44.7 Å². The van der Waals surface area contributed by atoms with Crippen molar-refractivity contribution in [2.75, 3.05) is 25.6 Å². The highest BCUT2D eigenvalue weighted by Crippen LogP contribution is 2.37. The van der Waals surface area contributed by atoms with Crippen LogP contribution < -0.4 is 18.5 Å². The monoisotopic (exact) mass is 562 g/mol. The third-order valence-corrected chi connectivity index (χ3v) is 8.43. The van der Waals surface area contributed by atoms with Crippen molar-refractivity contribution in [2.24, 2.45) is 0 Å². The van der Waals surface area contributed by atoms with Gasteiger partial charge in [-0.1, -0.05) is 24.2 Å². The summed E-state index contributed by atoms with van der Waals surface area (Å²) < 4.78 is 54.0. The molecule has 0 aliphatic rings. The van der Waals surface area contributed by atoms with E-state index in [-0.39, 0.29) is 23.0 Å². The molecule has 40 heavy (non-hydrogen) atoms. The number of aromatic nitrogens is 3. The van der Waals surface area contributed by atoms with Crippen LogP contribution in [0.3, 0.4) is 0 Å². The second-order valence-corrected chi connectivity index (χ2v) is 10.9. The first kappa shape index (κ1) is 27.1. The predicted octanol–water partition coefficient (Wildman–Crippen LogP) is 5.06. The molecule has 10 nitrogen and oxygen atoms in total. The Morgan fingerprint density at radius 2 is 1.73 bits per heavy atom. The Bertz CT molecular complexity index is 1730. The Labute approximate surface area is 232 Å². The zero-order chi connectivity index (χ0) is 28.3. The van der Waals surface area contributed by atoms with Crippen molar-refractivity contribution < 1.29 is 27.2 Å². The summed E-state index contributed by atoms with van der Waals surface area (Å²) in [6.07, 6.45) is 4.22. The van der Waals surface area contributed by atoms with Crippen molar-refractivity contribution in [3.8, 4) is 17.2 Å². The minimum atomic E-state index is -4.21. The number of ether oxygens (including phenoxy) is 3. The Morgan fingerprint density at radius 1 is 0.925 bits per heavy atom. The summed E-state index contributed by atoms with van der Waals surface area (Å²) in [5, 5.41) is 9.07. The molecular formula is C29H30N4O6S. The molecule has 0 saturated carbocycles. The average molecular weight is 563 g/mol. The molecule has 0 atom stereocenters. The molecule has 0 fully saturated rings. The lowest BCUT2D eigenvalue weighted by Gasteiger charge is -2.24. The van der Waals surface area contributed by atoms with Crippen molar-refractivity contribution in [1.29, 1.82) is 0 Å². The van der Waals surface area contributed by atoms with Crippen LogP contribution in [0.1, 0.15) is 23.6 Å². The predicted molar refractivity (Wildman–Crippen MR) is 151 cm³/mol. The van der Waals surface area contributed by atoms with Gasteiger partial charge in [0, 0.05) is 24.0 Å². The Hall–Kier alpha value is -4.51. The number of benzene rings is 3. The van der Waals surface area contributed by atoms with Crippen LogP contribution in [0.2, 0.25) is 0 Å². The highest BCUT2D eigenvalue weighted by atomic mass is 32.2. The van der Waals surface area contributed by atoms with E-state index in [1.54, 1.807) is 54.4 Å². The molecule has 0 amide bonds. The molecule has 2 aromatic heterocycles. The SMILES string of the molecule is CCc1ccc(OC)c(S(=O)(=O)N(Cc2ccc(OC)cc2OC)c2noc3ccc(Cn4cccn4)cc23)c1. The van der Waals surface area contributed by atoms with E-state index in [0.717, 1.165) is 11.1 Å². The first-order valence-electron chi connectivity index (χ1n) is 12.6. The summed E-state index contributed by atoms with van der Waals surface area (Å²) in [5.74, 6) is 1.44. The largest absolute Gasteiger partial charge is 0.497 e. The molecule has 2 heterocycles. The zero-order valence-corrected chi connectivity index (χ0v) is 23.5. The molecule has 0 saturated heterocycles. The van der Waals surface area contributed by atoms with Gasteiger partial charge in [-0.3, -0.25) is 4.68 Å². The minimum absolute atomic E-state index is 0.0330. The van der Waals surface area contributed by atoms with E-state index in [4.69, 9.17) is 18.7 Å². The minimum Gasteiger partial charge on any atom is -0.497 e. The number of hydrogen-bond donors (Lipinski definition) is 0. The molecular weight excluding hydrogens is 532 g/mol. The second-order valence-electron chi connectivity index (χ2n) is 9.07. The fraction of sp³-hybridized carbons (Fsp3) is 0.241. The fourth-order valence-corrected chi connectivity index (χ4v) is 6.12.